The van der Waals surface area contributed by atoms with Crippen molar-refractivity contribution in [2.45, 2.75) is 49.9 Å². The SMILES string of the molecule is O=C(O)c1ccc2nc(C3(O)[C@@H]4COC[C@H]3CC(OCc3c(-c5c(Cl)cccc5Cl)noc3C3CC3)C4)sc2c1. The molecule has 3 aliphatic rings. The summed E-state index contributed by atoms with van der Waals surface area (Å²) in [6.07, 6.45) is 3.17. The van der Waals surface area contributed by atoms with E-state index in [0.717, 1.165) is 28.9 Å². The molecule has 2 aromatic heterocycles. The van der Waals surface area contributed by atoms with E-state index in [1.807, 2.05) is 0 Å². The Hall–Kier alpha value is -2.53. The third kappa shape index (κ3) is 4.44. The molecule has 2 aliphatic carbocycles. The van der Waals surface area contributed by atoms with Gasteiger partial charge in [-0.2, -0.15) is 0 Å². The Morgan fingerprint density at radius 3 is 2.52 bits per heavy atom. The van der Waals surface area contributed by atoms with Gasteiger partial charge in [0.15, 0.2) is 0 Å². The molecule has 0 amide bonds. The van der Waals surface area contributed by atoms with E-state index in [4.69, 9.17) is 42.2 Å². The Bertz CT molecular complexity index is 1580. The summed E-state index contributed by atoms with van der Waals surface area (Å²) in [5.74, 6) is -0.265. The minimum Gasteiger partial charge on any atom is -0.478 e. The first-order valence-corrected chi connectivity index (χ1v) is 14.9. The number of hydrogen-bond acceptors (Lipinski definition) is 8. The predicted octanol–water partition coefficient (Wildman–Crippen LogP) is 6.66. The van der Waals surface area contributed by atoms with Gasteiger partial charge in [-0.1, -0.05) is 34.4 Å². The molecule has 4 aromatic rings. The molecular formula is C29H26Cl2N2O6S. The lowest BCUT2D eigenvalue weighted by Crippen LogP contribution is -2.55. The molecule has 208 valence electrons. The second-order valence-electron chi connectivity index (χ2n) is 10.9. The number of aromatic nitrogens is 2. The first kappa shape index (κ1) is 26.4. The van der Waals surface area contributed by atoms with Crippen LogP contribution in [0.4, 0.5) is 0 Å². The van der Waals surface area contributed by atoms with Crippen molar-refractivity contribution in [1.29, 1.82) is 0 Å². The van der Waals surface area contributed by atoms with Gasteiger partial charge in [-0.15, -0.1) is 11.3 Å². The van der Waals surface area contributed by atoms with E-state index in [1.54, 1.807) is 30.3 Å². The van der Waals surface area contributed by atoms with Crippen LogP contribution in [-0.2, 0) is 21.7 Å². The van der Waals surface area contributed by atoms with Crippen molar-refractivity contribution in [1.82, 2.24) is 10.1 Å². The Morgan fingerprint density at radius 2 is 1.85 bits per heavy atom. The minimum atomic E-state index is -1.17. The second kappa shape index (κ2) is 10.1. The van der Waals surface area contributed by atoms with E-state index in [1.165, 1.54) is 17.4 Å². The van der Waals surface area contributed by atoms with Gasteiger partial charge in [0.2, 0.25) is 0 Å². The standard InChI is InChI=1S/C29H26Cl2N2O6S/c30-20-2-1-3-21(31)24(20)25-19(26(39-33-25)14-4-5-14)13-38-18-9-16-11-37-12-17(10-18)29(16,36)28-32-22-7-6-15(27(34)35)8-23(22)40-28/h1-3,6-8,14,16-18,36H,4-5,9-13H2,(H,34,35)/t16-,17+,18?,29?. The first-order valence-electron chi connectivity index (χ1n) is 13.3. The number of carboxylic acids is 1. The molecule has 4 atom stereocenters. The molecule has 3 fully saturated rings. The van der Waals surface area contributed by atoms with Gasteiger partial charge in [0.1, 0.15) is 22.1 Å². The van der Waals surface area contributed by atoms with Gasteiger partial charge >= 0.3 is 5.97 Å². The molecule has 2 N–H and O–H groups in total. The molecule has 40 heavy (non-hydrogen) atoms. The molecule has 11 heteroatoms. The summed E-state index contributed by atoms with van der Waals surface area (Å²) in [5.41, 5.74) is 1.85. The van der Waals surface area contributed by atoms with Gasteiger partial charge in [0.05, 0.1) is 51.7 Å². The zero-order valence-corrected chi connectivity index (χ0v) is 23.6. The predicted molar refractivity (Wildman–Crippen MR) is 150 cm³/mol. The van der Waals surface area contributed by atoms with Gasteiger partial charge in [-0.05, 0) is 56.0 Å². The van der Waals surface area contributed by atoms with E-state index in [2.05, 4.69) is 5.16 Å². The van der Waals surface area contributed by atoms with Crippen molar-refractivity contribution in [2.24, 2.45) is 11.8 Å². The summed E-state index contributed by atoms with van der Waals surface area (Å²) >= 11 is 14.4. The Kier molecular flexibility index (Phi) is 6.65. The van der Waals surface area contributed by atoms with Gasteiger partial charge in [0, 0.05) is 28.9 Å². The molecule has 0 radical (unpaired) electrons. The van der Waals surface area contributed by atoms with Gasteiger partial charge in [-0.3, -0.25) is 0 Å². The molecule has 2 saturated carbocycles. The van der Waals surface area contributed by atoms with Crippen LogP contribution in [0.1, 0.15) is 58.3 Å². The van der Waals surface area contributed by atoms with E-state index < -0.39 is 11.6 Å². The monoisotopic (exact) mass is 600 g/mol. The molecule has 2 aromatic carbocycles. The summed E-state index contributed by atoms with van der Waals surface area (Å²) in [6, 6.07) is 10.2. The van der Waals surface area contributed by atoms with Crippen molar-refractivity contribution in [3.8, 4) is 11.3 Å². The number of nitrogens with zero attached hydrogens (tertiary/aromatic N) is 2. The fourth-order valence-electron chi connectivity index (χ4n) is 6.13. The maximum Gasteiger partial charge on any atom is 0.335 e. The Morgan fingerprint density at radius 1 is 1.12 bits per heavy atom. The first-order chi connectivity index (χ1) is 19.3. The van der Waals surface area contributed by atoms with Crippen molar-refractivity contribution in [3.05, 3.63) is 68.3 Å². The average Bonchev–Trinajstić information content (AvgIpc) is 3.53. The third-order valence-electron chi connectivity index (χ3n) is 8.39. The van der Waals surface area contributed by atoms with Gasteiger partial charge < -0.3 is 24.2 Å². The van der Waals surface area contributed by atoms with Crippen LogP contribution in [0, 0.1) is 11.8 Å². The van der Waals surface area contributed by atoms with Gasteiger partial charge in [0.25, 0.3) is 0 Å². The van der Waals surface area contributed by atoms with Crippen molar-refractivity contribution in [3.63, 3.8) is 0 Å². The highest BCUT2D eigenvalue weighted by Gasteiger charge is 2.55. The number of carbonyl (C=O) groups is 1. The fraction of sp³-hybridized carbons (Fsp3) is 0.414. The lowest BCUT2D eigenvalue weighted by atomic mass is 9.66. The molecule has 2 unspecified atom stereocenters. The molecule has 0 spiro atoms. The van der Waals surface area contributed by atoms with E-state index in [-0.39, 0.29) is 23.5 Å². The molecule has 3 heterocycles. The Labute approximate surface area is 243 Å². The van der Waals surface area contributed by atoms with E-state index in [0.29, 0.717) is 70.4 Å². The summed E-state index contributed by atoms with van der Waals surface area (Å²) < 4.78 is 18.9. The summed E-state index contributed by atoms with van der Waals surface area (Å²) in [7, 11) is 0. The molecule has 2 bridgehead atoms. The minimum absolute atomic E-state index is 0.108. The average molecular weight is 602 g/mol. The van der Waals surface area contributed by atoms with Crippen molar-refractivity contribution in [2.75, 3.05) is 13.2 Å². The van der Waals surface area contributed by atoms with Crippen LogP contribution in [0.25, 0.3) is 21.5 Å². The zero-order chi connectivity index (χ0) is 27.6. The number of aliphatic hydroxyl groups is 1. The number of fused-ring (bicyclic) bond motifs is 3. The smallest absolute Gasteiger partial charge is 0.335 e. The largest absolute Gasteiger partial charge is 0.478 e. The topological polar surface area (TPSA) is 115 Å². The fourth-order valence-corrected chi connectivity index (χ4v) is 7.96. The normalized spacial score (nSPS) is 26.3. The number of benzene rings is 2. The number of halogens is 2. The van der Waals surface area contributed by atoms with Gasteiger partial charge in [-0.25, -0.2) is 9.78 Å². The van der Waals surface area contributed by atoms with Crippen molar-refractivity contribution >= 4 is 50.7 Å². The van der Waals surface area contributed by atoms with Crippen LogP contribution in [0.3, 0.4) is 0 Å². The second-order valence-corrected chi connectivity index (χ2v) is 12.8. The van der Waals surface area contributed by atoms with Crippen LogP contribution in [0.2, 0.25) is 10.0 Å². The maximum atomic E-state index is 12.1. The van der Waals surface area contributed by atoms with Crippen LogP contribution < -0.4 is 0 Å². The molecule has 1 saturated heterocycles. The third-order valence-corrected chi connectivity index (χ3v) is 10.2. The number of ether oxygens (including phenoxy) is 2. The van der Waals surface area contributed by atoms with Crippen LogP contribution in [0.5, 0.6) is 0 Å². The van der Waals surface area contributed by atoms with Crippen LogP contribution in [-0.4, -0.2) is 45.6 Å². The quantitative estimate of drug-likeness (QED) is 0.242. The molecule has 1 aliphatic heterocycles. The highest BCUT2D eigenvalue weighted by Crippen LogP contribution is 2.51. The highest BCUT2D eigenvalue weighted by atomic mass is 35.5. The lowest BCUT2D eigenvalue weighted by molar-refractivity contribution is -0.209. The molecular weight excluding hydrogens is 575 g/mol. The zero-order valence-electron chi connectivity index (χ0n) is 21.3. The van der Waals surface area contributed by atoms with E-state index in [9.17, 15) is 15.0 Å². The number of rotatable bonds is 7. The summed E-state index contributed by atoms with van der Waals surface area (Å²) in [6.45, 7) is 1.09. The molecule has 8 nitrogen and oxygen atoms in total. The van der Waals surface area contributed by atoms with E-state index >= 15 is 0 Å². The number of aromatic carboxylic acids is 1. The van der Waals surface area contributed by atoms with Crippen LogP contribution >= 0.6 is 34.5 Å². The number of thiazole rings is 1. The van der Waals surface area contributed by atoms with Crippen LogP contribution in [0.15, 0.2) is 40.9 Å². The highest BCUT2D eigenvalue weighted by molar-refractivity contribution is 7.18. The lowest BCUT2D eigenvalue weighted by Gasteiger charge is -2.50. The number of carboxylic acid groups (broad SMARTS) is 1. The molecule has 7 rings (SSSR count). The number of hydrogen-bond donors (Lipinski definition) is 2. The Balaban J connectivity index is 1.14. The summed E-state index contributed by atoms with van der Waals surface area (Å²) in [5, 5.41) is 27.4. The maximum absolute atomic E-state index is 12.1. The summed E-state index contributed by atoms with van der Waals surface area (Å²) in [4.78, 5) is 16.2. The van der Waals surface area contributed by atoms with Crippen molar-refractivity contribution < 1.29 is 29.0 Å².